The number of ether oxygens (including phenoxy) is 1. The quantitative estimate of drug-likeness (QED) is 0.829. The van der Waals surface area contributed by atoms with Crippen molar-refractivity contribution in [2.24, 2.45) is 0 Å². The van der Waals surface area contributed by atoms with Gasteiger partial charge in [0, 0.05) is 6.20 Å². The number of hydrogen-bond acceptors (Lipinski definition) is 5. The van der Waals surface area contributed by atoms with Crippen molar-refractivity contribution in [1.29, 1.82) is 0 Å². The number of carbonyl (C=O) groups is 2. The second-order valence-electron chi connectivity index (χ2n) is 3.54. The Hall–Kier alpha value is -2.15. The molecule has 0 atom stereocenters. The third kappa shape index (κ3) is 2.25. The third-order valence-electron chi connectivity index (χ3n) is 2.33. The Balaban J connectivity index is 2.26. The molecule has 1 amide bonds. The maximum atomic E-state index is 11.9. The van der Waals surface area contributed by atoms with Crippen LogP contribution in [0, 0.1) is 6.92 Å². The van der Waals surface area contributed by atoms with Crippen molar-refractivity contribution in [3.63, 3.8) is 0 Å². The van der Waals surface area contributed by atoms with Crippen LogP contribution >= 0.6 is 11.3 Å². The van der Waals surface area contributed by atoms with E-state index in [4.69, 9.17) is 0 Å². The third-order valence-corrected chi connectivity index (χ3v) is 3.41. The second kappa shape index (κ2) is 5.01. The number of nitrogens with zero attached hydrogens (tertiary/aromatic N) is 1. The van der Waals surface area contributed by atoms with Crippen LogP contribution in [0.25, 0.3) is 0 Å². The number of aromatic amines is 1. The van der Waals surface area contributed by atoms with Crippen molar-refractivity contribution >= 4 is 28.9 Å². The number of carbonyl (C=O) groups excluding carboxylic acids is 2. The lowest BCUT2D eigenvalue weighted by Crippen LogP contribution is -2.15. The largest absolute Gasteiger partial charge is 0.465 e. The lowest BCUT2D eigenvalue weighted by molar-refractivity contribution is 0.0607. The number of esters is 1. The van der Waals surface area contributed by atoms with E-state index in [-0.39, 0.29) is 5.91 Å². The number of hydrogen-bond donors (Lipinski definition) is 2. The molecule has 0 unspecified atom stereocenters. The number of methoxy groups -OCH3 is 1. The molecule has 0 aliphatic heterocycles. The van der Waals surface area contributed by atoms with E-state index in [2.05, 4.69) is 20.3 Å². The molecule has 0 saturated heterocycles. The molecular weight excluding hydrogens is 254 g/mol. The van der Waals surface area contributed by atoms with E-state index in [1.807, 2.05) is 6.92 Å². The van der Waals surface area contributed by atoms with Gasteiger partial charge in [0.2, 0.25) is 0 Å². The van der Waals surface area contributed by atoms with E-state index in [0.717, 1.165) is 5.56 Å². The number of rotatable bonds is 3. The predicted molar refractivity (Wildman–Crippen MR) is 66.9 cm³/mol. The van der Waals surface area contributed by atoms with Gasteiger partial charge in [-0.2, -0.15) is 5.10 Å². The molecule has 0 aliphatic rings. The summed E-state index contributed by atoms with van der Waals surface area (Å²) < 4.78 is 4.66. The van der Waals surface area contributed by atoms with Gasteiger partial charge < -0.3 is 10.1 Å². The zero-order chi connectivity index (χ0) is 13.1. The first-order valence-electron chi connectivity index (χ1n) is 5.10. The SMILES string of the molecule is COC(=O)c1scc(C)c1NC(=O)c1ccn[nH]1. The number of H-pyrrole nitrogens is 1. The Morgan fingerprint density at radius 2 is 2.28 bits per heavy atom. The van der Waals surface area contributed by atoms with Gasteiger partial charge >= 0.3 is 5.97 Å². The van der Waals surface area contributed by atoms with Gasteiger partial charge in [0.15, 0.2) is 0 Å². The summed E-state index contributed by atoms with van der Waals surface area (Å²) in [6.07, 6.45) is 1.48. The van der Waals surface area contributed by atoms with Crippen LogP contribution in [0.15, 0.2) is 17.6 Å². The van der Waals surface area contributed by atoms with Crippen molar-refractivity contribution in [2.45, 2.75) is 6.92 Å². The van der Waals surface area contributed by atoms with Crippen molar-refractivity contribution in [3.8, 4) is 0 Å². The van der Waals surface area contributed by atoms with Gasteiger partial charge in [0.1, 0.15) is 10.6 Å². The van der Waals surface area contributed by atoms with E-state index < -0.39 is 5.97 Å². The molecule has 0 bridgehead atoms. The lowest BCUT2D eigenvalue weighted by atomic mass is 10.2. The van der Waals surface area contributed by atoms with Crippen molar-refractivity contribution in [3.05, 3.63) is 33.8 Å². The highest BCUT2D eigenvalue weighted by Crippen LogP contribution is 2.28. The maximum absolute atomic E-state index is 11.9. The molecule has 7 heteroatoms. The van der Waals surface area contributed by atoms with Gasteiger partial charge in [-0.05, 0) is 23.9 Å². The summed E-state index contributed by atoms with van der Waals surface area (Å²) in [6.45, 7) is 1.81. The molecular formula is C11H11N3O3S. The van der Waals surface area contributed by atoms with Crippen LogP contribution in [0.4, 0.5) is 5.69 Å². The molecule has 2 N–H and O–H groups in total. The van der Waals surface area contributed by atoms with Crippen molar-refractivity contribution in [2.75, 3.05) is 12.4 Å². The highest BCUT2D eigenvalue weighted by molar-refractivity contribution is 7.12. The summed E-state index contributed by atoms with van der Waals surface area (Å²) in [5.41, 5.74) is 1.62. The van der Waals surface area contributed by atoms with Crippen LogP contribution in [-0.4, -0.2) is 29.2 Å². The Morgan fingerprint density at radius 1 is 1.50 bits per heavy atom. The summed E-state index contributed by atoms with van der Waals surface area (Å²) in [5, 5.41) is 10.7. The Bertz CT molecular complexity index is 574. The van der Waals surface area contributed by atoms with Gasteiger partial charge in [0.25, 0.3) is 5.91 Å². The maximum Gasteiger partial charge on any atom is 0.350 e. The van der Waals surface area contributed by atoms with Crippen LogP contribution in [0.2, 0.25) is 0 Å². The Morgan fingerprint density at radius 3 is 2.89 bits per heavy atom. The van der Waals surface area contributed by atoms with Crippen molar-refractivity contribution < 1.29 is 14.3 Å². The Kier molecular flexibility index (Phi) is 3.42. The van der Waals surface area contributed by atoms with Crippen molar-refractivity contribution in [1.82, 2.24) is 10.2 Å². The molecule has 0 saturated carbocycles. The number of anilines is 1. The number of nitrogens with one attached hydrogen (secondary N) is 2. The van der Waals surface area contributed by atoms with Crippen LogP contribution in [0.1, 0.15) is 25.7 Å². The molecule has 0 aromatic carbocycles. The topological polar surface area (TPSA) is 84.1 Å². The van der Waals surface area contributed by atoms with Gasteiger partial charge in [-0.25, -0.2) is 4.79 Å². The normalized spacial score (nSPS) is 10.1. The first kappa shape index (κ1) is 12.3. The number of amides is 1. The first-order valence-corrected chi connectivity index (χ1v) is 5.98. The first-order chi connectivity index (χ1) is 8.63. The molecule has 2 aromatic heterocycles. The number of thiophene rings is 1. The fourth-order valence-electron chi connectivity index (χ4n) is 1.41. The molecule has 94 valence electrons. The fraction of sp³-hybridized carbons (Fsp3) is 0.182. The molecule has 0 aliphatic carbocycles. The Labute approximate surface area is 107 Å². The molecule has 2 rings (SSSR count). The summed E-state index contributed by atoms with van der Waals surface area (Å²) in [5.74, 6) is -0.813. The summed E-state index contributed by atoms with van der Waals surface area (Å²) in [4.78, 5) is 23.8. The highest BCUT2D eigenvalue weighted by Gasteiger charge is 2.19. The van der Waals surface area contributed by atoms with E-state index in [1.165, 1.54) is 24.6 Å². The van der Waals surface area contributed by atoms with E-state index in [9.17, 15) is 9.59 Å². The van der Waals surface area contributed by atoms with Crippen LogP contribution in [0.5, 0.6) is 0 Å². The minimum Gasteiger partial charge on any atom is -0.465 e. The monoisotopic (exact) mass is 265 g/mol. The second-order valence-corrected chi connectivity index (χ2v) is 4.42. The molecule has 0 fully saturated rings. The van der Waals surface area contributed by atoms with E-state index in [1.54, 1.807) is 11.4 Å². The average molecular weight is 265 g/mol. The molecule has 0 radical (unpaired) electrons. The number of aromatic nitrogens is 2. The standard InChI is InChI=1S/C11H11N3O3S/c1-6-5-18-9(11(16)17-2)8(6)13-10(15)7-3-4-12-14-7/h3-5H,1-2H3,(H,12,14)(H,13,15). The van der Waals surface area contributed by atoms with Gasteiger partial charge in [-0.1, -0.05) is 0 Å². The van der Waals surface area contributed by atoms with Crippen LogP contribution in [0.3, 0.4) is 0 Å². The van der Waals surface area contributed by atoms with Gasteiger partial charge in [0.05, 0.1) is 12.8 Å². The zero-order valence-corrected chi connectivity index (χ0v) is 10.6. The highest BCUT2D eigenvalue weighted by atomic mass is 32.1. The van der Waals surface area contributed by atoms with Gasteiger partial charge in [-0.15, -0.1) is 11.3 Å². The zero-order valence-electron chi connectivity index (χ0n) is 9.81. The predicted octanol–water partition coefficient (Wildman–Crippen LogP) is 1.82. The molecule has 6 nitrogen and oxygen atoms in total. The fourth-order valence-corrected chi connectivity index (χ4v) is 2.33. The van der Waals surface area contributed by atoms with E-state index in [0.29, 0.717) is 16.3 Å². The molecule has 2 aromatic rings. The average Bonchev–Trinajstić information content (AvgIpc) is 2.99. The smallest absolute Gasteiger partial charge is 0.350 e. The van der Waals surface area contributed by atoms with Gasteiger partial charge in [-0.3, -0.25) is 9.89 Å². The minimum atomic E-state index is -0.465. The summed E-state index contributed by atoms with van der Waals surface area (Å²) >= 11 is 1.23. The molecule has 2 heterocycles. The summed E-state index contributed by atoms with van der Waals surface area (Å²) in [7, 11) is 1.30. The van der Waals surface area contributed by atoms with Crippen LogP contribution < -0.4 is 5.32 Å². The van der Waals surface area contributed by atoms with Crippen LogP contribution in [-0.2, 0) is 4.74 Å². The lowest BCUT2D eigenvalue weighted by Gasteiger charge is -2.05. The minimum absolute atomic E-state index is 0.330. The summed E-state index contributed by atoms with van der Waals surface area (Å²) in [6, 6.07) is 1.55. The molecule has 0 spiro atoms. The number of aryl methyl sites for hydroxylation is 1. The molecule has 18 heavy (non-hydrogen) atoms. The van der Waals surface area contributed by atoms with E-state index >= 15 is 0 Å².